The average molecular weight is 308 g/mol. The quantitative estimate of drug-likeness (QED) is 0.612. The zero-order valence-corrected chi connectivity index (χ0v) is 13.1. The van der Waals surface area contributed by atoms with Gasteiger partial charge in [0.25, 0.3) is 5.91 Å². The fraction of sp³-hybridized carbons (Fsp3) is 0.222. The summed E-state index contributed by atoms with van der Waals surface area (Å²) >= 11 is 0. The van der Waals surface area contributed by atoms with Crippen molar-refractivity contribution in [2.75, 3.05) is 13.1 Å². The van der Waals surface area contributed by atoms with Gasteiger partial charge in [0.05, 0.1) is 11.1 Å². The second-order valence-corrected chi connectivity index (χ2v) is 5.46. The van der Waals surface area contributed by atoms with E-state index in [0.29, 0.717) is 11.1 Å². The van der Waals surface area contributed by atoms with E-state index in [2.05, 4.69) is 34.3 Å². The van der Waals surface area contributed by atoms with Crippen molar-refractivity contribution in [3.8, 4) is 11.4 Å². The molecule has 0 aliphatic rings. The molecular weight excluding hydrogens is 288 g/mol. The minimum absolute atomic E-state index is 0.438. The van der Waals surface area contributed by atoms with Gasteiger partial charge in [-0.25, -0.2) is 4.98 Å². The molecule has 4 N–H and O–H groups in total. The highest BCUT2D eigenvalue weighted by molar-refractivity contribution is 6.04. The number of imidazole rings is 1. The van der Waals surface area contributed by atoms with Crippen molar-refractivity contribution in [3.05, 3.63) is 53.6 Å². The number of H-pyrrole nitrogens is 1. The molecule has 0 radical (unpaired) electrons. The number of aromatic amines is 1. The van der Waals surface area contributed by atoms with E-state index in [9.17, 15) is 4.79 Å². The van der Waals surface area contributed by atoms with Crippen molar-refractivity contribution in [2.24, 2.45) is 5.73 Å². The summed E-state index contributed by atoms with van der Waals surface area (Å²) in [7, 11) is 0. The number of primary amides is 1. The number of likely N-dealkylation sites (N-methyl/N-ethyl adjacent to an activating group) is 1. The number of hydrogen-bond donors (Lipinski definition) is 3. The molecule has 0 unspecified atom stereocenters. The van der Waals surface area contributed by atoms with Crippen LogP contribution in [0.25, 0.3) is 22.4 Å². The Hall–Kier alpha value is -2.66. The Labute approximate surface area is 134 Å². The van der Waals surface area contributed by atoms with Gasteiger partial charge >= 0.3 is 0 Å². The molecular formula is C18H20N4O. The molecule has 1 amide bonds. The van der Waals surface area contributed by atoms with Crippen LogP contribution in [0.5, 0.6) is 0 Å². The van der Waals surface area contributed by atoms with E-state index in [1.165, 1.54) is 5.56 Å². The summed E-state index contributed by atoms with van der Waals surface area (Å²) in [6, 6.07) is 13.7. The first-order valence-electron chi connectivity index (χ1n) is 7.77. The van der Waals surface area contributed by atoms with E-state index in [0.717, 1.165) is 36.4 Å². The lowest BCUT2D eigenvalue weighted by atomic mass is 10.1. The van der Waals surface area contributed by atoms with Crippen LogP contribution >= 0.6 is 0 Å². The predicted octanol–water partition coefficient (Wildman–Crippen LogP) is 2.48. The van der Waals surface area contributed by atoms with E-state index >= 15 is 0 Å². The van der Waals surface area contributed by atoms with Crippen LogP contribution in [0.15, 0.2) is 42.5 Å². The summed E-state index contributed by atoms with van der Waals surface area (Å²) in [5.74, 6) is 0.284. The fourth-order valence-corrected chi connectivity index (χ4v) is 2.65. The molecule has 3 aromatic rings. The molecule has 5 heteroatoms. The van der Waals surface area contributed by atoms with Crippen molar-refractivity contribution in [2.45, 2.75) is 13.3 Å². The summed E-state index contributed by atoms with van der Waals surface area (Å²) in [5, 5.41) is 3.32. The molecule has 0 atom stereocenters. The molecule has 1 heterocycles. The van der Waals surface area contributed by atoms with Crippen molar-refractivity contribution >= 4 is 16.9 Å². The van der Waals surface area contributed by atoms with E-state index in [4.69, 9.17) is 5.73 Å². The Morgan fingerprint density at radius 3 is 2.87 bits per heavy atom. The smallest absolute Gasteiger partial charge is 0.250 e. The van der Waals surface area contributed by atoms with Crippen LogP contribution in [0.1, 0.15) is 22.8 Å². The lowest BCUT2D eigenvalue weighted by Crippen LogP contribution is -2.15. The van der Waals surface area contributed by atoms with Gasteiger partial charge in [-0.15, -0.1) is 0 Å². The first-order valence-corrected chi connectivity index (χ1v) is 7.77. The molecule has 1 aromatic heterocycles. The molecule has 0 fully saturated rings. The molecule has 0 bridgehead atoms. The number of para-hydroxylation sites is 1. The number of hydrogen-bond acceptors (Lipinski definition) is 3. The zero-order chi connectivity index (χ0) is 16.2. The van der Waals surface area contributed by atoms with Crippen molar-refractivity contribution in [1.82, 2.24) is 15.3 Å². The first-order chi connectivity index (χ1) is 11.2. The minimum Gasteiger partial charge on any atom is -0.366 e. The molecule has 5 nitrogen and oxygen atoms in total. The number of amides is 1. The highest BCUT2D eigenvalue weighted by Crippen LogP contribution is 2.23. The highest BCUT2D eigenvalue weighted by Gasteiger charge is 2.12. The van der Waals surface area contributed by atoms with Crippen LogP contribution in [0, 0.1) is 0 Å². The van der Waals surface area contributed by atoms with Crippen LogP contribution in [-0.4, -0.2) is 29.0 Å². The van der Waals surface area contributed by atoms with E-state index < -0.39 is 5.91 Å². The number of nitrogens with zero attached hydrogens (tertiary/aromatic N) is 1. The lowest BCUT2D eigenvalue weighted by molar-refractivity contribution is 0.100. The minimum atomic E-state index is -0.465. The SMILES string of the molecule is CCNCCc1cccc(-c2nc3c(C(N)=O)cccc3[nH]2)c1. The summed E-state index contributed by atoms with van der Waals surface area (Å²) in [5.41, 5.74) is 9.55. The van der Waals surface area contributed by atoms with E-state index in [-0.39, 0.29) is 0 Å². The number of benzene rings is 2. The van der Waals surface area contributed by atoms with Gasteiger partial charge in [0, 0.05) is 5.56 Å². The summed E-state index contributed by atoms with van der Waals surface area (Å²) in [6.45, 7) is 4.02. The molecule has 3 rings (SSSR count). The molecule has 0 spiro atoms. The normalized spacial score (nSPS) is 11.0. The summed E-state index contributed by atoms with van der Waals surface area (Å²) < 4.78 is 0. The first kappa shape index (κ1) is 15.2. The standard InChI is InChI=1S/C18H20N4O/c1-2-20-10-9-12-5-3-6-13(11-12)18-21-15-8-4-7-14(17(19)23)16(15)22-18/h3-8,11,20H,2,9-10H2,1H3,(H2,19,23)(H,21,22). The number of fused-ring (bicyclic) bond motifs is 1. The number of nitrogens with one attached hydrogen (secondary N) is 2. The van der Waals surface area contributed by atoms with Gasteiger partial charge in [-0.1, -0.05) is 31.2 Å². The molecule has 2 aromatic carbocycles. The van der Waals surface area contributed by atoms with Gasteiger partial charge < -0.3 is 16.0 Å². The van der Waals surface area contributed by atoms with Crippen molar-refractivity contribution in [3.63, 3.8) is 0 Å². The molecule has 118 valence electrons. The molecule has 23 heavy (non-hydrogen) atoms. The summed E-state index contributed by atoms with van der Waals surface area (Å²) in [4.78, 5) is 19.4. The monoisotopic (exact) mass is 308 g/mol. The highest BCUT2D eigenvalue weighted by atomic mass is 16.1. The van der Waals surface area contributed by atoms with Crippen LogP contribution in [0.3, 0.4) is 0 Å². The Bertz CT molecular complexity index is 838. The molecule has 0 saturated heterocycles. The summed E-state index contributed by atoms with van der Waals surface area (Å²) in [6.07, 6.45) is 0.967. The zero-order valence-electron chi connectivity index (χ0n) is 13.1. The Kier molecular flexibility index (Phi) is 4.39. The Balaban J connectivity index is 1.95. The number of carbonyl (C=O) groups excluding carboxylic acids is 1. The molecule has 0 aliphatic heterocycles. The molecule has 0 saturated carbocycles. The maximum atomic E-state index is 11.5. The van der Waals surface area contributed by atoms with Crippen LogP contribution in [0.2, 0.25) is 0 Å². The predicted molar refractivity (Wildman–Crippen MR) is 92.3 cm³/mol. The van der Waals surface area contributed by atoms with Crippen molar-refractivity contribution < 1.29 is 4.79 Å². The third-order valence-electron chi connectivity index (χ3n) is 3.82. The van der Waals surface area contributed by atoms with Gasteiger partial charge in [0.1, 0.15) is 11.3 Å². The van der Waals surface area contributed by atoms with E-state index in [1.54, 1.807) is 12.1 Å². The maximum absolute atomic E-state index is 11.5. The second-order valence-electron chi connectivity index (χ2n) is 5.46. The number of nitrogens with two attached hydrogens (primary N) is 1. The molecule has 0 aliphatic carbocycles. The third-order valence-corrected chi connectivity index (χ3v) is 3.82. The van der Waals surface area contributed by atoms with Gasteiger partial charge in [-0.3, -0.25) is 4.79 Å². The topological polar surface area (TPSA) is 83.8 Å². The second kappa shape index (κ2) is 6.62. The Morgan fingerprint density at radius 1 is 1.26 bits per heavy atom. The Morgan fingerprint density at radius 2 is 2.09 bits per heavy atom. The van der Waals surface area contributed by atoms with Gasteiger partial charge in [-0.2, -0.15) is 0 Å². The largest absolute Gasteiger partial charge is 0.366 e. The van der Waals surface area contributed by atoms with Crippen LogP contribution in [-0.2, 0) is 6.42 Å². The number of rotatable bonds is 6. The lowest BCUT2D eigenvalue weighted by Gasteiger charge is -2.04. The van der Waals surface area contributed by atoms with Crippen molar-refractivity contribution in [1.29, 1.82) is 0 Å². The third kappa shape index (κ3) is 3.24. The van der Waals surface area contributed by atoms with Gasteiger partial charge in [-0.05, 0) is 43.3 Å². The maximum Gasteiger partial charge on any atom is 0.250 e. The van der Waals surface area contributed by atoms with Gasteiger partial charge in [0.15, 0.2) is 0 Å². The fourth-order valence-electron chi connectivity index (χ4n) is 2.65. The number of aromatic nitrogens is 2. The average Bonchev–Trinajstić information content (AvgIpc) is 2.99. The van der Waals surface area contributed by atoms with Crippen LogP contribution < -0.4 is 11.1 Å². The van der Waals surface area contributed by atoms with Crippen LogP contribution in [0.4, 0.5) is 0 Å². The van der Waals surface area contributed by atoms with Gasteiger partial charge in [0.2, 0.25) is 0 Å². The van der Waals surface area contributed by atoms with E-state index in [1.807, 2.05) is 18.2 Å². The number of carbonyl (C=O) groups is 1.